The molecule has 0 unspecified atom stereocenters. The summed E-state index contributed by atoms with van der Waals surface area (Å²) in [6.45, 7) is 6.80. The summed E-state index contributed by atoms with van der Waals surface area (Å²) in [6.07, 6.45) is 4.15. The average Bonchev–Trinajstić information content (AvgIpc) is 3.20. The van der Waals surface area contributed by atoms with Crippen LogP contribution in [0, 0.1) is 13.8 Å². The number of anilines is 1. The van der Waals surface area contributed by atoms with E-state index in [1.54, 1.807) is 10.9 Å². The first kappa shape index (κ1) is 13.4. The fraction of sp³-hybridized carbons (Fsp3) is 0.500. The molecule has 1 aliphatic carbocycles. The second-order valence-corrected chi connectivity index (χ2v) is 5.60. The van der Waals surface area contributed by atoms with Crippen molar-refractivity contribution in [2.45, 2.75) is 39.5 Å². The third kappa shape index (κ3) is 2.38. The molecule has 0 radical (unpaired) electrons. The van der Waals surface area contributed by atoms with E-state index in [1.165, 1.54) is 12.8 Å². The predicted octanol–water partition coefficient (Wildman–Crippen LogP) is 3.24. The van der Waals surface area contributed by atoms with Gasteiger partial charge in [0, 0.05) is 18.0 Å². The highest BCUT2D eigenvalue weighted by molar-refractivity contribution is 6.31. The van der Waals surface area contributed by atoms with Crippen molar-refractivity contribution in [3.63, 3.8) is 0 Å². The number of nitrogens with zero attached hydrogens (tertiary/aromatic N) is 4. The van der Waals surface area contributed by atoms with Crippen LogP contribution in [-0.2, 0) is 0 Å². The number of aryl methyl sites for hydroxylation is 1. The maximum Gasteiger partial charge on any atom is 0.162 e. The molecule has 20 heavy (non-hydrogen) atoms. The number of hydrogen-bond donors (Lipinski definition) is 1. The number of nitrogens with one attached hydrogen (secondary N) is 1. The number of aromatic nitrogens is 4. The Morgan fingerprint density at radius 3 is 2.65 bits per heavy atom. The van der Waals surface area contributed by atoms with E-state index in [4.69, 9.17) is 16.6 Å². The fourth-order valence-corrected chi connectivity index (χ4v) is 2.29. The lowest BCUT2D eigenvalue weighted by atomic mass is 10.2. The van der Waals surface area contributed by atoms with Crippen LogP contribution in [0.15, 0.2) is 6.20 Å². The van der Waals surface area contributed by atoms with Gasteiger partial charge in [-0.05, 0) is 33.6 Å². The fourth-order valence-electron chi connectivity index (χ4n) is 2.16. The van der Waals surface area contributed by atoms with Gasteiger partial charge in [-0.2, -0.15) is 5.10 Å². The maximum absolute atomic E-state index is 6.10. The molecule has 106 valence electrons. The van der Waals surface area contributed by atoms with Gasteiger partial charge < -0.3 is 5.32 Å². The van der Waals surface area contributed by atoms with Crippen LogP contribution in [0.2, 0.25) is 5.02 Å². The molecule has 1 aliphatic rings. The molecular weight excluding hydrogens is 274 g/mol. The van der Waals surface area contributed by atoms with Crippen LogP contribution in [0.4, 0.5) is 5.82 Å². The molecule has 0 aromatic carbocycles. The van der Waals surface area contributed by atoms with E-state index in [0.717, 1.165) is 35.3 Å². The van der Waals surface area contributed by atoms with E-state index in [1.807, 2.05) is 13.8 Å². The minimum atomic E-state index is 0.499. The molecule has 2 aromatic heterocycles. The second-order valence-electron chi connectivity index (χ2n) is 5.19. The van der Waals surface area contributed by atoms with Gasteiger partial charge in [-0.25, -0.2) is 14.6 Å². The van der Waals surface area contributed by atoms with Crippen LogP contribution < -0.4 is 5.32 Å². The normalized spacial score (nSPS) is 14.6. The first-order chi connectivity index (χ1) is 9.60. The molecule has 1 fully saturated rings. The molecule has 0 spiro atoms. The SMILES string of the molecule is CCNc1nc(C2CC2)nc(-n2cc(Cl)c(C)n2)c1C. The molecule has 0 atom stereocenters. The Labute approximate surface area is 123 Å². The number of rotatable bonds is 4. The monoisotopic (exact) mass is 291 g/mol. The van der Waals surface area contributed by atoms with Gasteiger partial charge in [0.2, 0.25) is 0 Å². The van der Waals surface area contributed by atoms with Gasteiger partial charge in [-0.15, -0.1) is 0 Å². The minimum absolute atomic E-state index is 0.499. The zero-order chi connectivity index (χ0) is 14.3. The van der Waals surface area contributed by atoms with Gasteiger partial charge in [0.15, 0.2) is 5.82 Å². The zero-order valence-electron chi connectivity index (χ0n) is 11.9. The van der Waals surface area contributed by atoms with E-state index in [2.05, 4.69) is 22.3 Å². The van der Waals surface area contributed by atoms with Gasteiger partial charge in [-0.1, -0.05) is 11.6 Å². The van der Waals surface area contributed by atoms with Crippen molar-refractivity contribution in [1.29, 1.82) is 0 Å². The summed E-state index contributed by atoms with van der Waals surface area (Å²) in [5, 5.41) is 8.39. The van der Waals surface area contributed by atoms with Gasteiger partial charge in [0.25, 0.3) is 0 Å². The topological polar surface area (TPSA) is 55.6 Å². The second kappa shape index (κ2) is 5.05. The summed E-state index contributed by atoms with van der Waals surface area (Å²) >= 11 is 6.10. The molecular formula is C14H18ClN5. The molecule has 5 nitrogen and oxygen atoms in total. The Morgan fingerprint density at radius 2 is 2.10 bits per heavy atom. The van der Waals surface area contributed by atoms with Crippen LogP contribution in [0.1, 0.15) is 42.8 Å². The van der Waals surface area contributed by atoms with Gasteiger partial charge >= 0.3 is 0 Å². The summed E-state index contributed by atoms with van der Waals surface area (Å²) in [5.74, 6) is 3.11. The van der Waals surface area contributed by atoms with Crippen LogP contribution in [-0.4, -0.2) is 26.3 Å². The third-order valence-electron chi connectivity index (χ3n) is 3.48. The largest absolute Gasteiger partial charge is 0.370 e. The molecule has 0 bridgehead atoms. The van der Waals surface area contributed by atoms with Crippen LogP contribution in [0.25, 0.3) is 5.82 Å². The highest BCUT2D eigenvalue weighted by atomic mass is 35.5. The quantitative estimate of drug-likeness (QED) is 0.939. The molecule has 3 rings (SSSR count). The van der Waals surface area contributed by atoms with Crippen LogP contribution in [0.3, 0.4) is 0 Å². The Kier molecular flexibility index (Phi) is 3.38. The van der Waals surface area contributed by atoms with Gasteiger partial charge in [0.05, 0.1) is 16.9 Å². The molecule has 6 heteroatoms. The summed E-state index contributed by atoms with van der Waals surface area (Å²) in [6, 6.07) is 0. The summed E-state index contributed by atoms with van der Waals surface area (Å²) < 4.78 is 1.75. The lowest BCUT2D eigenvalue weighted by Gasteiger charge is -2.13. The smallest absolute Gasteiger partial charge is 0.162 e. The van der Waals surface area contributed by atoms with Gasteiger partial charge in [-0.3, -0.25) is 0 Å². The Bertz CT molecular complexity index is 626. The van der Waals surface area contributed by atoms with Crippen molar-refractivity contribution in [1.82, 2.24) is 19.7 Å². The highest BCUT2D eigenvalue weighted by Crippen LogP contribution is 2.39. The van der Waals surface area contributed by atoms with Crippen molar-refractivity contribution in [3.05, 3.63) is 28.3 Å². The molecule has 0 amide bonds. The Hall–Kier alpha value is -1.62. The number of halogens is 1. The van der Waals surface area contributed by atoms with Crippen LogP contribution in [0.5, 0.6) is 0 Å². The molecule has 2 heterocycles. The molecule has 0 aliphatic heterocycles. The van der Waals surface area contributed by atoms with E-state index in [0.29, 0.717) is 10.9 Å². The summed E-state index contributed by atoms with van der Waals surface area (Å²) in [4.78, 5) is 9.34. The lowest BCUT2D eigenvalue weighted by molar-refractivity contribution is 0.791. The minimum Gasteiger partial charge on any atom is -0.370 e. The van der Waals surface area contributed by atoms with Gasteiger partial charge in [0.1, 0.15) is 11.6 Å². The molecule has 1 saturated carbocycles. The molecule has 1 N–H and O–H groups in total. The summed E-state index contributed by atoms with van der Waals surface area (Å²) in [7, 11) is 0. The zero-order valence-corrected chi connectivity index (χ0v) is 12.7. The van der Waals surface area contributed by atoms with Crippen molar-refractivity contribution >= 4 is 17.4 Å². The van der Waals surface area contributed by atoms with E-state index in [-0.39, 0.29) is 0 Å². The molecule has 0 saturated heterocycles. The Balaban J connectivity index is 2.12. The van der Waals surface area contributed by atoms with Crippen molar-refractivity contribution in [3.8, 4) is 5.82 Å². The van der Waals surface area contributed by atoms with Crippen molar-refractivity contribution < 1.29 is 0 Å². The average molecular weight is 292 g/mol. The van der Waals surface area contributed by atoms with E-state index < -0.39 is 0 Å². The van der Waals surface area contributed by atoms with E-state index in [9.17, 15) is 0 Å². The maximum atomic E-state index is 6.10. The standard InChI is InChI=1S/C14H18ClN5/c1-4-16-12-8(2)14(18-13(17-12)10-5-6-10)20-7-11(15)9(3)19-20/h7,10H,4-6H2,1-3H3,(H,16,17,18). The lowest BCUT2D eigenvalue weighted by Crippen LogP contribution is -2.11. The number of hydrogen-bond acceptors (Lipinski definition) is 4. The molecule has 2 aromatic rings. The van der Waals surface area contributed by atoms with Crippen molar-refractivity contribution in [2.24, 2.45) is 0 Å². The third-order valence-corrected chi connectivity index (χ3v) is 3.85. The highest BCUT2D eigenvalue weighted by Gasteiger charge is 2.28. The predicted molar refractivity (Wildman–Crippen MR) is 79.8 cm³/mol. The van der Waals surface area contributed by atoms with E-state index >= 15 is 0 Å². The Morgan fingerprint density at radius 1 is 1.35 bits per heavy atom. The summed E-state index contributed by atoms with van der Waals surface area (Å²) in [5.41, 5.74) is 1.80. The first-order valence-electron chi connectivity index (χ1n) is 6.94. The first-order valence-corrected chi connectivity index (χ1v) is 7.32. The van der Waals surface area contributed by atoms with Crippen LogP contribution >= 0.6 is 11.6 Å². The van der Waals surface area contributed by atoms with Crippen molar-refractivity contribution in [2.75, 3.05) is 11.9 Å².